The van der Waals surface area contributed by atoms with E-state index in [0.717, 1.165) is 28.1 Å². The molecule has 1 fully saturated rings. The summed E-state index contributed by atoms with van der Waals surface area (Å²) in [7, 11) is 3.41. The minimum Gasteiger partial charge on any atom is -0.489 e. The highest BCUT2D eigenvalue weighted by Crippen LogP contribution is 2.32. The van der Waals surface area contributed by atoms with Crippen LogP contribution in [0.5, 0.6) is 5.75 Å². The molecule has 0 saturated carbocycles. The molecule has 18 heteroatoms. The van der Waals surface area contributed by atoms with E-state index in [4.69, 9.17) is 19.2 Å². The number of hydrogen-bond donors (Lipinski definition) is 4. The van der Waals surface area contributed by atoms with Crippen molar-refractivity contribution in [2.24, 2.45) is 5.41 Å². The normalized spacial score (nSPS) is 19.6. The number of hydrogen-bond acceptors (Lipinski definition) is 12. The van der Waals surface area contributed by atoms with Crippen LogP contribution in [0.1, 0.15) is 112 Å². The highest BCUT2D eigenvalue weighted by atomic mass is 16.5. The van der Waals surface area contributed by atoms with E-state index < -0.39 is 23.5 Å². The molecule has 6 rings (SSSR count). The third kappa shape index (κ3) is 14.6. The third-order valence-electron chi connectivity index (χ3n) is 13.6. The Labute approximate surface area is 425 Å². The zero-order valence-corrected chi connectivity index (χ0v) is 44.0. The first-order valence-electron chi connectivity index (χ1n) is 25.5. The van der Waals surface area contributed by atoms with Gasteiger partial charge >= 0.3 is 0 Å². The van der Waals surface area contributed by atoms with Gasteiger partial charge in [-0.3, -0.25) is 24.0 Å². The third-order valence-corrected chi connectivity index (χ3v) is 13.6. The van der Waals surface area contributed by atoms with E-state index in [0.29, 0.717) is 63.3 Å². The lowest BCUT2D eigenvalue weighted by Crippen LogP contribution is -2.59. The van der Waals surface area contributed by atoms with E-state index in [1.165, 1.54) is 0 Å². The molecule has 72 heavy (non-hydrogen) atoms. The number of fused-ring (bicyclic) bond motifs is 2. The Morgan fingerprint density at radius 3 is 2.42 bits per heavy atom. The van der Waals surface area contributed by atoms with Gasteiger partial charge in [0.15, 0.2) is 5.65 Å². The van der Waals surface area contributed by atoms with Crippen molar-refractivity contribution in [3.8, 4) is 5.75 Å². The average Bonchev–Trinajstić information content (AvgIpc) is 3.99. The first kappa shape index (κ1) is 55.4. The summed E-state index contributed by atoms with van der Waals surface area (Å²) < 4.78 is 19.8. The molecule has 2 bridgehead atoms. The lowest BCUT2D eigenvalue weighted by Gasteiger charge is -2.36. The molecule has 0 spiro atoms. The molecule has 2 aromatic carbocycles. The van der Waals surface area contributed by atoms with E-state index in [-0.39, 0.29) is 86.4 Å². The molecule has 4 aromatic rings. The number of aryl methyl sites for hydroxylation is 1. The van der Waals surface area contributed by atoms with Gasteiger partial charge in [-0.2, -0.15) is 5.10 Å². The predicted molar refractivity (Wildman–Crippen MR) is 276 cm³/mol. The van der Waals surface area contributed by atoms with Crippen molar-refractivity contribution in [1.29, 1.82) is 0 Å². The number of likely N-dealkylation sites (tertiary alicyclic amines) is 1. The summed E-state index contributed by atoms with van der Waals surface area (Å²) in [6.45, 7) is 18.4. The highest BCUT2D eigenvalue weighted by Gasteiger charge is 2.45. The molecular weight excluding hydrogens is 917 g/mol. The van der Waals surface area contributed by atoms with Crippen LogP contribution in [0.15, 0.2) is 67.0 Å². The summed E-state index contributed by atoms with van der Waals surface area (Å²) in [6, 6.07) is 15.4. The lowest BCUT2D eigenvalue weighted by molar-refractivity contribution is -0.144. The van der Waals surface area contributed by atoms with Crippen molar-refractivity contribution < 1.29 is 38.2 Å². The van der Waals surface area contributed by atoms with Gasteiger partial charge in [-0.15, -0.1) is 0 Å². The number of carbonyl (C=O) groups excluding carboxylic acids is 5. The van der Waals surface area contributed by atoms with E-state index in [2.05, 4.69) is 46.3 Å². The number of benzene rings is 2. The van der Waals surface area contributed by atoms with E-state index >= 15 is 0 Å². The topological polar surface area (TPSA) is 201 Å². The maximum Gasteiger partial charge on any atom is 0.259 e. The number of aromatic nitrogens is 3. The fourth-order valence-electron chi connectivity index (χ4n) is 9.23. The van der Waals surface area contributed by atoms with Gasteiger partial charge in [-0.1, -0.05) is 82.6 Å². The minimum atomic E-state index is -0.858. The fourth-order valence-corrected chi connectivity index (χ4v) is 9.23. The van der Waals surface area contributed by atoms with Crippen LogP contribution in [0.3, 0.4) is 0 Å². The van der Waals surface area contributed by atoms with Gasteiger partial charge in [0.25, 0.3) is 5.91 Å². The molecule has 5 amide bonds. The standard InChI is InChI=1S/C54H78N10O8/c1-11-44(39-15-13-12-14-16-39)59-51(67)45-31-41(34-63(45)53(69)48(54(6,7)8)60-50(66)38(5)55-9)56-21-26-71-28-27-70-25-20-47(65)61(10)23-24-62-33-37(4)72-46-18-17-35(2)29-42(46)36(3)30-40-19-22-64-49(58-40)43(32-57-64)52(62)68/h12-19,22,29,32,36-38,41,44-45,48,55-56H,11,20-21,23-28,30-31,33-34H2,1-10H3,(H,59,67)(H,60,66)/t36-,37-,38-,41-,44+,45-,48?/m0/s1. The fraction of sp³-hybridized carbons (Fsp3) is 0.574. The smallest absolute Gasteiger partial charge is 0.259 e. The molecule has 1 unspecified atom stereocenters. The lowest BCUT2D eigenvalue weighted by atomic mass is 9.85. The Kier molecular flexibility index (Phi) is 19.7. The van der Waals surface area contributed by atoms with Crippen LogP contribution in [0.25, 0.3) is 5.65 Å². The number of likely N-dealkylation sites (N-methyl/N-ethyl adjacent to an activating group) is 2. The van der Waals surface area contributed by atoms with Crippen molar-refractivity contribution in [2.45, 2.75) is 123 Å². The van der Waals surface area contributed by atoms with Crippen LogP contribution in [0, 0.1) is 12.3 Å². The molecule has 2 aromatic heterocycles. The second kappa shape index (κ2) is 25.6. The Morgan fingerprint density at radius 1 is 0.972 bits per heavy atom. The zero-order valence-electron chi connectivity index (χ0n) is 44.0. The second-order valence-electron chi connectivity index (χ2n) is 20.5. The summed E-state index contributed by atoms with van der Waals surface area (Å²) in [6.07, 6.45) is 4.94. The van der Waals surface area contributed by atoms with Gasteiger partial charge in [0.05, 0.1) is 57.7 Å². The number of rotatable bonds is 21. The number of nitrogens with zero attached hydrogens (tertiary/aromatic N) is 6. The quantitative estimate of drug-likeness (QED) is 0.0857. The molecule has 7 atom stereocenters. The summed E-state index contributed by atoms with van der Waals surface area (Å²) in [5.41, 5.74) is 4.33. The van der Waals surface area contributed by atoms with Crippen LogP contribution < -0.4 is 26.0 Å². The summed E-state index contributed by atoms with van der Waals surface area (Å²) in [4.78, 5) is 78.7. The van der Waals surface area contributed by atoms with Crippen LogP contribution in [0.2, 0.25) is 0 Å². The monoisotopic (exact) mass is 995 g/mol. The Bertz CT molecular complexity index is 2460. The SMILES string of the molecule is CC[C@@H](NC(=O)[C@@H]1C[C@H](NCCOCCOCCC(=O)N(C)CCN2C[C@H](C)Oc3ccc(C)cc3[C@@H](C)Cc3ccn4ncc(c4n3)C2=O)CN1C(=O)C(NC(=O)[C@H](C)NC)C(C)(C)C)c1ccccc1. The van der Waals surface area contributed by atoms with Crippen molar-refractivity contribution in [3.05, 3.63) is 94.9 Å². The first-order valence-corrected chi connectivity index (χ1v) is 25.5. The predicted octanol–water partition coefficient (Wildman–Crippen LogP) is 4.45. The van der Waals surface area contributed by atoms with Crippen molar-refractivity contribution >= 4 is 35.2 Å². The molecule has 392 valence electrons. The van der Waals surface area contributed by atoms with Crippen LogP contribution >= 0.6 is 0 Å². The molecular formula is C54H78N10O8. The van der Waals surface area contributed by atoms with Crippen LogP contribution in [-0.2, 0) is 35.1 Å². The second-order valence-corrected chi connectivity index (χ2v) is 20.5. The van der Waals surface area contributed by atoms with Crippen LogP contribution in [-0.4, -0.2) is 162 Å². The molecule has 2 aliphatic rings. The summed E-state index contributed by atoms with van der Waals surface area (Å²) in [5, 5.41) is 17.0. The van der Waals surface area contributed by atoms with Crippen LogP contribution in [0.4, 0.5) is 0 Å². The van der Waals surface area contributed by atoms with Gasteiger partial charge in [0.1, 0.15) is 29.5 Å². The van der Waals surface area contributed by atoms with Gasteiger partial charge in [-0.05, 0) is 81.7 Å². The van der Waals surface area contributed by atoms with E-state index in [1.54, 1.807) is 46.4 Å². The van der Waals surface area contributed by atoms with E-state index in [9.17, 15) is 24.0 Å². The zero-order chi connectivity index (χ0) is 52.1. The average molecular weight is 995 g/mol. The summed E-state index contributed by atoms with van der Waals surface area (Å²) in [5.74, 6) is -0.289. The van der Waals surface area contributed by atoms with Gasteiger partial charge < -0.3 is 50.2 Å². The van der Waals surface area contributed by atoms with Gasteiger partial charge in [0.2, 0.25) is 23.6 Å². The number of carbonyl (C=O) groups is 5. The maximum atomic E-state index is 14.4. The molecule has 18 nitrogen and oxygen atoms in total. The van der Waals surface area contributed by atoms with E-state index in [1.807, 2.05) is 89.3 Å². The number of ether oxygens (including phenoxy) is 3. The van der Waals surface area contributed by atoms with Gasteiger partial charge in [0, 0.05) is 51.2 Å². The molecule has 0 radical (unpaired) electrons. The first-order chi connectivity index (χ1) is 34.4. The van der Waals surface area contributed by atoms with Crippen molar-refractivity contribution in [3.63, 3.8) is 0 Å². The number of amides is 5. The molecule has 1 saturated heterocycles. The Hall–Kier alpha value is -5.95. The maximum absolute atomic E-state index is 14.4. The molecule has 4 N–H and O–H groups in total. The molecule has 2 aliphatic heterocycles. The van der Waals surface area contributed by atoms with Crippen molar-refractivity contribution in [1.82, 2.24) is 50.6 Å². The molecule has 0 aliphatic carbocycles. The number of nitrogens with one attached hydrogen (secondary N) is 4. The summed E-state index contributed by atoms with van der Waals surface area (Å²) >= 11 is 0. The minimum absolute atomic E-state index is 0.117. The van der Waals surface area contributed by atoms with Crippen molar-refractivity contribution in [2.75, 3.05) is 73.2 Å². The largest absolute Gasteiger partial charge is 0.489 e. The van der Waals surface area contributed by atoms with Gasteiger partial charge in [-0.25, -0.2) is 9.50 Å². The Morgan fingerprint density at radius 2 is 1.71 bits per heavy atom. The Balaban J connectivity index is 0.962. The highest BCUT2D eigenvalue weighted by molar-refractivity contribution is 5.99. The molecule has 4 heterocycles.